The molecule has 0 saturated carbocycles. The first-order valence-corrected chi connectivity index (χ1v) is 6.44. The Labute approximate surface area is 105 Å². The van der Waals surface area contributed by atoms with Crippen LogP contribution in [0.25, 0.3) is 12.2 Å². The van der Waals surface area contributed by atoms with E-state index in [1.54, 1.807) is 11.3 Å². The number of hydrogen-bond acceptors (Lipinski definition) is 2. The van der Waals surface area contributed by atoms with Gasteiger partial charge < -0.3 is 4.79 Å². The summed E-state index contributed by atoms with van der Waals surface area (Å²) >= 11 is 1.72. The van der Waals surface area contributed by atoms with Crippen LogP contribution in [-0.4, -0.2) is 6.29 Å². The van der Waals surface area contributed by atoms with Crippen LogP contribution in [-0.2, 0) is 4.79 Å². The highest BCUT2D eigenvalue weighted by molar-refractivity contribution is 7.10. The van der Waals surface area contributed by atoms with E-state index in [9.17, 15) is 4.79 Å². The van der Waals surface area contributed by atoms with Gasteiger partial charge in [0.05, 0.1) is 0 Å². The predicted octanol–water partition coefficient (Wildman–Crippen LogP) is 4.22. The van der Waals surface area contributed by atoms with Crippen molar-refractivity contribution in [3.05, 3.63) is 57.8 Å². The highest BCUT2D eigenvalue weighted by atomic mass is 32.1. The zero-order valence-corrected chi connectivity index (χ0v) is 10.5. The normalized spacial score (nSPS) is 12.8. The third kappa shape index (κ3) is 3.14. The van der Waals surface area contributed by atoms with Crippen LogP contribution in [0, 0.1) is 0 Å². The average Bonchev–Trinajstić information content (AvgIpc) is 2.89. The molecule has 2 heteroatoms. The molecule has 1 aromatic heterocycles. The lowest BCUT2D eigenvalue weighted by Gasteiger charge is -2.03. The van der Waals surface area contributed by atoms with E-state index in [0.717, 1.165) is 17.4 Å². The summed E-state index contributed by atoms with van der Waals surface area (Å²) in [6.45, 7) is 1.91. The monoisotopic (exact) mass is 242 g/mol. The quantitative estimate of drug-likeness (QED) is 0.734. The summed E-state index contributed by atoms with van der Waals surface area (Å²) in [4.78, 5) is 11.9. The largest absolute Gasteiger partial charge is 0.303 e. The summed E-state index contributed by atoms with van der Waals surface area (Å²) in [5, 5.41) is 2.06. The molecule has 0 N–H and O–H groups in total. The Morgan fingerprint density at radius 2 is 1.88 bits per heavy atom. The molecule has 0 fully saturated rings. The lowest BCUT2D eigenvalue weighted by molar-refractivity contribution is -0.108. The van der Waals surface area contributed by atoms with Gasteiger partial charge in [-0.2, -0.15) is 0 Å². The molecule has 1 heterocycles. The maximum absolute atomic E-state index is 10.7. The molecule has 0 saturated heterocycles. The summed E-state index contributed by atoms with van der Waals surface area (Å²) < 4.78 is 0. The third-order valence-electron chi connectivity index (χ3n) is 2.65. The van der Waals surface area contributed by atoms with Crippen molar-refractivity contribution in [1.82, 2.24) is 0 Å². The van der Waals surface area contributed by atoms with Crippen molar-refractivity contribution in [1.29, 1.82) is 0 Å². The summed E-state index contributed by atoms with van der Waals surface area (Å²) in [6, 6.07) is 12.2. The van der Waals surface area contributed by atoms with Crippen molar-refractivity contribution in [3.8, 4) is 0 Å². The molecular formula is C15H14OS. The van der Waals surface area contributed by atoms with Crippen LogP contribution in [0.2, 0.25) is 0 Å². The second-order valence-corrected chi connectivity index (χ2v) is 4.92. The topological polar surface area (TPSA) is 17.1 Å². The standard InChI is InChI=1S/C15H14OS/c1-12(11-16)14-7-4-13(5-8-14)6-9-15-3-2-10-17-15/h2-12H,1H3/b9-6+. The Kier molecular flexibility index (Phi) is 3.89. The van der Waals surface area contributed by atoms with Gasteiger partial charge in [0.25, 0.3) is 0 Å². The van der Waals surface area contributed by atoms with E-state index >= 15 is 0 Å². The molecule has 0 amide bonds. The van der Waals surface area contributed by atoms with E-state index in [-0.39, 0.29) is 5.92 Å². The number of hydrogen-bond donors (Lipinski definition) is 0. The number of carbonyl (C=O) groups excluding carboxylic acids is 1. The highest BCUT2D eigenvalue weighted by Crippen LogP contribution is 2.16. The maximum atomic E-state index is 10.7. The predicted molar refractivity (Wildman–Crippen MR) is 74.2 cm³/mol. The van der Waals surface area contributed by atoms with Crippen LogP contribution >= 0.6 is 11.3 Å². The molecule has 2 aromatic rings. The maximum Gasteiger partial charge on any atom is 0.127 e. The van der Waals surface area contributed by atoms with Gasteiger partial charge in [-0.1, -0.05) is 43.3 Å². The molecule has 1 unspecified atom stereocenters. The minimum absolute atomic E-state index is 0.0228. The van der Waals surface area contributed by atoms with Gasteiger partial charge >= 0.3 is 0 Å². The van der Waals surface area contributed by atoms with Gasteiger partial charge in [0.1, 0.15) is 6.29 Å². The number of rotatable bonds is 4. The van der Waals surface area contributed by atoms with Gasteiger partial charge in [-0.3, -0.25) is 0 Å². The third-order valence-corrected chi connectivity index (χ3v) is 3.49. The first kappa shape index (κ1) is 11.8. The first-order valence-electron chi connectivity index (χ1n) is 5.56. The van der Waals surface area contributed by atoms with Gasteiger partial charge in [0.2, 0.25) is 0 Å². The fourth-order valence-corrected chi connectivity index (χ4v) is 2.17. The Hall–Kier alpha value is -1.67. The van der Waals surface area contributed by atoms with Gasteiger partial charge in [0.15, 0.2) is 0 Å². The van der Waals surface area contributed by atoms with Gasteiger partial charge in [-0.05, 0) is 28.6 Å². The molecule has 86 valence electrons. The molecule has 0 aliphatic carbocycles. The number of benzene rings is 1. The van der Waals surface area contributed by atoms with Crippen molar-refractivity contribution in [2.45, 2.75) is 12.8 Å². The van der Waals surface area contributed by atoms with E-state index < -0.39 is 0 Å². The van der Waals surface area contributed by atoms with Crippen LogP contribution in [0.15, 0.2) is 41.8 Å². The Morgan fingerprint density at radius 1 is 1.12 bits per heavy atom. The molecule has 0 aliphatic heterocycles. The van der Waals surface area contributed by atoms with Gasteiger partial charge in [-0.15, -0.1) is 11.3 Å². The van der Waals surface area contributed by atoms with Crippen molar-refractivity contribution in [3.63, 3.8) is 0 Å². The number of carbonyl (C=O) groups is 1. The van der Waals surface area contributed by atoms with E-state index in [2.05, 4.69) is 23.6 Å². The molecular weight excluding hydrogens is 228 g/mol. The minimum atomic E-state index is -0.0228. The number of aldehydes is 1. The van der Waals surface area contributed by atoms with Gasteiger partial charge in [0, 0.05) is 10.8 Å². The van der Waals surface area contributed by atoms with Crippen LogP contribution in [0.4, 0.5) is 0 Å². The summed E-state index contributed by atoms with van der Waals surface area (Å²) in [6.07, 6.45) is 5.15. The van der Waals surface area contributed by atoms with Crippen LogP contribution in [0.5, 0.6) is 0 Å². The lowest BCUT2D eigenvalue weighted by atomic mass is 10.0. The van der Waals surface area contributed by atoms with E-state index in [1.165, 1.54) is 4.88 Å². The second-order valence-electron chi connectivity index (χ2n) is 3.94. The second kappa shape index (κ2) is 5.60. The smallest absolute Gasteiger partial charge is 0.127 e. The Balaban J connectivity index is 2.11. The van der Waals surface area contributed by atoms with Crippen LogP contribution in [0.1, 0.15) is 28.8 Å². The van der Waals surface area contributed by atoms with Crippen molar-refractivity contribution in [2.75, 3.05) is 0 Å². The van der Waals surface area contributed by atoms with Crippen molar-refractivity contribution >= 4 is 29.8 Å². The van der Waals surface area contributed by atoms with E-state index in [4.69, 9.17) is 0 Å². The van der Waals surface area contributed by atoms with E-state index in [0.29, 0.717) is 0 Å². The van der Waals surface area contributed by atoms with Crippen LogP contribution in [0.3, 0.4) is 0 Å². The van der Waals surface area contributed by atoms with Crippen molar-refractivity contribution in [2.24, 2.45) is 0 Å². The Morgan fingerprint density at radius 3 is 2.47 bits per heavy atom. The molecule has 0 spiro atoms. The zero-order valence-electron chi connectivity index (χ0n) is 9.67. The van der Waals surface area contributed by atoms with E-state index in [1.807, 2.05) is 37.3 Å². The SMILES string of the molecule is CC(C=O)c1ccc(/C=C/c2cccs2)cc1. The average molecular weight is 242 g/mol. The zero-order chi connectivity index (χ0) is 12.1. The summed E-state index contributed by atoms with van der Waals surface area (Å²) in [5.41, 5.74) is 2.22. The molecule has 2 rings (SSSR count). The molecule has 0 radical (unpaired) electrons. The summed E-state index contributed by atoms with van der Waals surface area (Å²) in [5.74, 6) is -0.0228. The number of thiophene rings is 1. The first-order chi connectivity index (χ1) is 8.29. The molecule has 1 atom stereocenters. The molecule has 1 nitrogen and oxygen atoms in total. The Bertz CT molecular complexity index is 494. The van der Waals surface area contributed by atoms with Gasteiger partial charge in [-0.25, -0.2) is 0 Å². The van der Waals surface area contributed by atoms with Crippen molar-refractivity contribution < 1.29 is 4.79 Å². The molecule has 17 heavy (non-hydrogen) atoms. The minimum Gasteiger partial charge on any atom is -0.303 e. The molecule has 0 aliphatic rings. The lowest BCUT2D eigenvalue weighted by Crippen LogP contribution is -1.93. The van der Waals surface area contributed by atoms with Crippen LogP contribution < -0.4 is 0 Å². The fraction of sp³-hybridized carbons (Fsp3) is 0.133. The summed E-state index contributed by atoms with van der Waals surface area (Å²) in [7, 11) is 0. The molecule has 1 aromatic carbocycles. The molecule has 0 bridgehead atoms. The highest BCUT2D eigenvalue weighted by Gasteiger charge is 2.01. The fourth-order valence-electron chi connectivity index (χ4n) is 1.55.